The summed E-state index contributed by atoms with van der Waals surface area (Å²) in [5.74, 6) is -3.79. The summed E-state index contributed by atoms with van der Waals surface area (Å²) >= 11 is 0. The van der Waals surface area contributed by atoms with Crippen LogP contribution in [0.15, 0.2) is 24.3 Å². The van der Waals surface area contributed by atoms with Crippen molar-refractivity contribution in [2.45, 2.75) is 83.7 Å². The zero-order valence-electron chi connectivity index (χ0n) is 22.1. The van der Waals surface area contributed by atoms with Crippen LogP contribution >= 0.6 is 0 Å². The lowest BCUT2D eigenvalue weighted by Gasteiger charge is -2.31. The summed E-state index contributed by atoms with van der Waals surface area (Å²) in [6.45, 7) is 1.28. The molecule has 3 rings (SSSR count). The third-order valence-electron chi connectivity index (χ3n) is 6.13. The van der Waals surface area contributed by atoms with Crippen molar-refractivity contribution >= 4 is 23.9 Å². The molecular formula is C27H42O10. The van der Waals surface area contributed by atoms with E-state index in [1.54, 1.807) is 0 Å². The summed E-state index contributed by atoms with van der Waals surface area (Å²) < 4.78 is 10.3. The molecule has 0 saturated heterocycles. The molecule has 0 aromatic heterocycles. The van der Waals surface area contributed by atoms with E-state index in [1.165, 1.54) is 69.7 Å². The minimum absolute atomic E-state index is 0.0419. The van der Waals surface area contributed by atoms with Gasteiger partial charge in [0.1, 0.15) is 12.7 Å². The van der Waals surface area contributed by atoms with Crippen LogP contribution in [-0.4, -0.2) is 71.2 Å². The predicted octanol–water partition coefficient (Wildman–Crippen LogP) is 4.07. The van der Waals surface area contributed by atoms with Crippen LogP contribution in [0.1, 0.15) is 98.3 Å². The second-order valence-corrected chi connectivity index (χ2v) is 8.77. The van der Waals surface area contributed by atoms with E-state index < -0.39 is 35.4 Å². The van der Waals surface area contributed by atoms with Crippen molar-refractivity contribution in [3.63, 3.8) is 0 Å². The molecule has 10 nitrogen and oxygen atoms in total. The molecule has 10 heteroatoms. The highest BCUT2D eigenvalue weighted by Gasteiger charge is 2.48. The average molecular weight is 527 g/mol. The maximum atomic E-state index is 12.4. The molecule has 2 aliphatic rings. The number of carbonyl (C=O) groups excluding carboxylic acids is 2. The van der Waals surface area contributed by atoms with E-state index >= 15 is 0 Å². The van der Waals surface area contributed by atoms with Gasteiger partial charge in [-0.15, -0.1) is 0 Å². The molecule has 0 aliphatic heterocycles. The second kappa shape index (κ2) is 19.2. The van der Waals surface area contributed by atoms with Gasteiger partial charge in [0, 0.05) is 14.2 Å². The van der Waals surface area contributed by atoms with Crippen LogP contribution in [0.4, 0.5) is 0 Å². The van der Waals surface area contributed by atoms with Crippen molar-refractivity contribution < 1.29 is 49.1 Å². The lowest BCUT2D eigenvalue weighted by Crippen LogP contribution is -2.44. The number of carbonyl (C=O) groups is 4. The number of hydrogen-bond acceptors (Lipinski definition) is 8. The van der Waals surface area contributed by atoms with Gasteiger partial charge >= 0.3 is 23.9 Å². The lowest BCUT2D eigenvalue weighted by atomic mass is 9.74. The molecule has 0 spiro atoms. The summed E-state index contributed by atoms with van der Waals surface area (Å²) in [6.07, 6.45) is 10.9. The van der Waals surface area contributed by atoms with Gasteiger partial charge in [-0.05, 0) is 44.0 Å². The molecule has 2 saturated carbocycles. The Morgan fingerprint density at radius 1 is 0.757 bits per heavy atom. The van der Waals surface area contributed by atoms with Crippen molar-refractivity contribution in [3.8, 4) is 0 Å². The summed E-state index contributed by atoms with van der Waals surface area (Å²) in [7, 11) is 2.00. The predicted molar refractivity (Wildman–Crippen MR) is 136 cm³/mol. The number of hydrogen-bond donors (Lipinski definition) is 4. The summed E-state index contributed by atoms with van der Waals surface area (Å²) in [5.41, 5.74) is -1.32. The first-order valence-corrected chi connectivity index (χ1v) is 12.6. The van der Waals surface area contributed by atoms with Gasteiger partial charge in [0.15, 0.2) is 5.41 Å². The zero-order chi connectivity index (χ0) is 28.3. The molecule has 210 valence electrons. The Kier molecular flexibility index (Phi) is 17.6. The number of rotatable bonds is 7. The highest BCUT2D eigenvalue weighted by molar-refractivity contribution is 5.99. The van der Waals surface area contributed by atoms with Crippen LogP contribution in [0.25, 0.3) is 0 Å². The molecule has 1 unspecified atom stereocenters. The average Bonchev–Trinajstić information content (AvgIpc) is 2.95. The molecule has 2 aliphatic carbocycles. The van der Waals surface area contributed by atoms with Gasteiger partial charge in [-0.1, -0.05) is 57.8 Å². The van der Waals surface area contributed by atoms with Crippen molar-refractivity contribution in [2.75, 3.05) is 20.8 Å². The van der Waals surface area contributed by atoms with Crippen molar-refractivity contribution in [1.82, 2.24) is 0 Å². The Balaban J connectivity index is 0.00000110. The monoisotopic (exact) mass is 526 g/mol. The van der Waals surface area contributed by atoms with Gasteiger partial charge in [0.25, 0.3) is 0 Å². The van der Waals surface area contributed by atoms with E-state index in [2.05, 4.69) is 0 Å². The van der Waals surface area contributed by atoms with Crippen molar-refractivity contribution in [1.29, 1.82) is 0 Å². The highest BCUT2D eigenvalue weighted by atomic mass is 16.6. The number of esters is 2. The lowest BCUT2D eigenvalue weighted by molar-refractivity contribution is -0.176. The summed E-state index contributed by atoms with van der Waals surface area (Å²) in [6, 6.07) is 5.21. The van der Waals surface area contributed by atoms with Gasteiger partial charge in [-0.25, -0.2) is 9.59 Å². The minimum Gasteiger partial charge on any atom is -0.480 e. The fourth-order valence-corrected chi connectivity index (χ4v) is 4.08. The van der Waals surface area contributed by atoms with Crippen LogP contribution < -0.4 is 0 Å². The molecule has 2 fully saturated rings. The number of carboxylic acids is 2. The zero-order valence-corrected chi connectivity index (χ0v) is 22.1. The quantitative estimate of drug-likeness (QED) is 0.300. The highest BCUT2D eigenvalue weighted by Crippen LogP contribution is 2.38. The van der Waals surface area contributed by atoms with E-state index in [1.807, 2.05) is 0 Å². The number of aliphatic hydroxyl groups is 2. The maximum absolute atomic E-state index is 12.4. The molecule has 37 heavy (non-hydrogen) atoms. The Hall–Kier alpha value is -2.98. The standard InChI is InChI=1S/C19H22O8.C6H12.2CH4O/c1-12(27-18(25)19(17(23)24)9-3-2-4-10-19)11-26-16(22)14-7-5-13(6-8-14)15(20)21;1-2-4-6-5-3-1;2*1-2/h5-8,12H,2-4,9-11H2,1H3,(H,20,21)(H,23,24);1-6H2;2*2H,1H3. The Morgan fingerprint density at radius 2 is 1.16 bits per heavy atom. The number of aromatic carboxylic acids is 1. The van der Waals surface area contributed by atoms with Crippen molar-refractivity contribution in [2.24, 2.45) is 5.41 Å². The first-order valence-electron chi connectivity index (χ1n) is 12.6. The molecule has 1 aromatic carbocycles. The first-order chi connectivity index (χ1) is 17.8. The molecule has 0 radical (unpaired) electrons. The van der Waals surface area contributed by atoms with Gasteiger partial charge in [0.2, 0.25) is 0 Å². The Labute approximate surface area is 218 Å². The van der Waals surface area contributed by atoms with E-state index in [0.29, 0.717) is 12.8 Å². The minimum atomic E-state index is -1.52. The van der Waals surface area contributed by atoms with Gasteiger partial charge in [-0.2, -0.15) is 0 Å². The normalized spacial score (nSPS) is 16.5. The Morgan fingerprint density at radius 3 is 1.57 bits per heavy atom. The van der Waals surface area contributed by atoms with E-state index in [9.17, 15) is 24.3 Å². The molecule has 4 N–H and O–H groups in total. The SMILES string of the molecule is C1CCCCC1.CC(COC(=O)c1ccc(C(=O)O)cc1)OC(=O)C1(C(=O)O)CCCCC1.CO.CO. The smallest absolute Gasteiger partial charge is 0.338 e. The number of benzene rings is 1. The molecule has 0 heterocycles. The van der Waals surface area contributed by atoms with Crippen LogP contribution in [0.3, 0.4) is 0 Å². The van der Waals surface area contributed by atoms with Gasteiger partial charge < -0.3 is 29.9 Å². The van der Waals surface area contributed by atoms with E-state index in [0.717, 1.165) is 20.6 Å². The van der Waals surface area contributed by atoms with Gasteiger partial charge in [0.05, 0.1) is 11.1 Å². The summed E-state index contributed by atoms with van der Waals surface area (Å²) in [5, 5.41) is 32.3. The topological polar surface area (TPSA) is 168 Å². The van der Waals surface area contributed by atoms with E-state index in [4.69, 9.17) is 24.8 Å². The second-order valence-electron chi connectivity index (χ2n) is 8.77. The first kappa shape index (κ1) is 34.0. The maximum Gasteiger partial charge on any atom is 0.338 e. The van der Waals surface area contributed by atoms with Crippen LogP contribution in [0.2, 0.25) is 0 Å². The molecule has 0 amide bonds. The van der Waals surface area contributed by atoms with Crippen LogP contribution in [0.5, 0.6) is 0 Å². The largest absolute Gasteiger partial charge is 0.480 e. The Bertz CT molecular complexity index is 797. The number of aliphatic carboxylic acids is 1. The number of carboxylic acid groups (broad SMARTS) is 2. The third-order valence-corrected chi connectivity index (χ3v) is 6.13. The van der Waals surface area contributed by atoms with E-state index in [-0.39, 0.29) is 30.6 Å². The fraction of sp³-hybridized carbons (Fsp3) is 0.630. The number of aliphatic hydroxyl groups excluding tert-OH is 2. The van der Waals surface area contributed by atoms with Crippen LogP contribution in [-0.2, 0) is 19.1 Å². The summed E-state index contributed by atoms with van der Waals surface area (Å²) in [4.78, 5) is 46.8. The van der Waals surface area contributed by atoms with Crippen LogP contribution in [0, 0.1) is 5.41 Å². The molecule has 1 atom stereocenters. The van der Waals surface area contributed by atoms with Gasteiger partial charge in [-0.3, -0.25) is 9.59 Å². The molecule has 0 bridgehead atoms. The fourth-order valence-electron chi connectivity index (χ4n) is 4.08. The molecule has 1 aromatic rings. The third kappa shape index (κ3) is 11.7. The van der Waals surface area contributed by atoms with Crippen molar-refractivity contribution in [3.05, 3.63) is 35.4 Å². The molecular weight excluding hydrogens is 484 g/mol. The number of ether oxygens (including phenoxy) is 2.